The maximum atomic E-state index is 5.82. The Kier molecular flexibility index (Phi) is 4.25. The minimum Gasteiger partial charge on any atom is -0.455 e. The van der Waals surface area contributed by atoms with Gasteiger partial charge in [-0.3, -0.25) is 4.99 Å². The maximum absolute atomic E-state index is 5.82. The molecule has 0 saturated carbocycles. The van der Waals surface area contributed by atoms with Gasteiger partial charge in [0.2, 0.25) is 0 Å². The predicted octanol–water partition coefficient (Wildman–Crippen LogP) is 6.08. The third-order valence-corrected chi connectivity index (χ3v) is 4.12. The lowest BCUT2D eigenvalue weighted by Gasteiger charge is -2.00. The maximum Gasteiger partial charge on any atom is 0.145 e. The smallest absolute Gasteiger partial charge is 0.145 e. The van der Waals surface area contributed by atoms with Gasteiger partial charge in [0.1, 0.15) is 11.5 Å². The standard InChI is InChI=1S/C19H16BrNO/c1-13-3-8-17(11-14(13)2)21-12-18-9-10-19(22-18)15-4-6-16(20)7-5-15/h3-12H,1-2H3. The van der Waals surface area contributed by atoms with E-state index in [-0.39, 0.29) is 0 Å². The van der Waals surface area contributed by atoms with E-state index in [2.05, 4.69) is 46.9 Å². The van der Waals surface area contributed by atoms with Crippen molar-refractivity contribution in [3.8, 4) is 11.3 Å². The third-order valence-electron chi connectivity index (χ3n) is 3.59. The fraction of sp³-hybridized carbons (Fsp3) is 0.105. The van der Waals surface area contributed by atoms with Crippen LogP contribution in [-0.2, 0) is 0 Å². The molecule has 0 spiro atoms. The SMILES string of the molecule is Cc1ccc(N=Cc2ccc(-c3ccc(Br)cc3)o2)cc1C. The summed E-state index contributed by atoms with van der Waals surface area (Å²) in [7, 11) is 0. The Bertz CT molecular complexity index is 816. The lowest BCUT2D eigenvalue weighted by Crippen LogP contribution is -1.79. The number of hydrogen-bond donors (Lipinski definition) is 0. The van der Waals surface area contributed by atoms with Crippen LogP contribution in [0.2, 0.25) is 0 Å². The number of nitrogens with zero attached hydrogens (tertiary/aromatic N) is 1. The van der Waals surface area contributed by atoms with E-state index in [0.717, 1.165) is 27.2 Å². The van der Waals surface area contributed by atoms with Crippen molar-refractivity contribution in [1.82, 2.24) is 0 Å². The van der Waals surface area contributed by atoms with Crippen molar-refractivity contribution in [1.29, 1.82) is 0 Å². The summed E-state index contributed by atoms with van der Waals surface area (Å²) < 4.78 is 6.88. The van der Waals surface area contributed by atoms with Crippen LogP contribution in [0.5, 0.6) is 0 Å². The number of halogens is 1. The molecular formula is C19H16BrNO. The number of furan rings is 1. The zero-order valence-electron chi connectivity index (χ0n) is 12.5. The minimum absolute atomic E-state index is 0.746. The monoisotopic (exact) mass is 353 g/mol. The van der Waals surface area contributed by atoms with E-state index in [4.69, 9.17) is 4.42 Å². The van der Waals surface area contributed by atoms with Crippen LogP contribution in [-0.4, -0.2) is 6.21 Å². The topological polar surface area (TPSA) is 25.5 Å². The van der Waals surface area contributed by atoms with E-state index in [1.54, 1.807) is 6.21 Å². The molecule has 0 amide bonds. The van der Waals surface area contributed by atoms with Crippen molar-refractivity contribution >= 4 is 27.8 Å². The van der Waals surface area contributed by atoms with Gasteiger partial charge in [0.15, 0.2) is 0 Å². The summed E-state index contributed by atoms with van der Waals surface area (Å²) in [5, 5.41) is 0. The molecule has 0 N–H and O–H groups in total. The van der Waals surface area contributed by atoms with E-state index in [1.165, 1.54) is 11.1 Å². The van der Waals surface area contributed by atoms with Crippen LogP contribution in [0, 0.1) is 13.8 Å². The fourth-order valence-electron chi connectivity index (χ4n) is 2.14. The highest BCUT2D eigenvalue weighted by Gasteiger charge is 2.03. The van der Waals surface area contributed by atoms with Crippen molar-refractivity contribution in [3.63, 3.8) is 0 Å². The molecule has 2 aromatic carbocycles. The molecule has 0 fully saturated rings. The largest absolute Gasteiger partial charge is 0.455 e. The van der Waals surface area contributed by atoms with Gasteiger partial charge in [-0.2, -0.15) is 0 Å². The van der Waals surface area contributed by atoms with Crippen LogP contribution in [0.15, 0.2) is 68.5 Å². The number of rotatable bonds is 3. The first-order valence-electron chi connectivity index (χ1n) is 7.09. The van der Waals surface area contributed by atoms with E-state index in [1.807, 2.05) is 42.5 Å². The molecule has 110 valence electrons. The zero-order chi connectivity index (χ0) is 15.5. The van der Waals surface area contributed by atoms with Gasteiger partial charge < -0.3 is 4.42 Å². The van der Waals surface area contributed by atoms with Gasteiger partial charge >= 0.3 is 0 Å². The molecule has 0 bridgehead atoms. The normalized spacial score (nSPS) is 11.2. The summed E-state index contributed by atoms with van der Waals surface area (Å²) in [6.07, 6.45) is 1.76. The summed E-state index contributed by atoms with van der Waals surface area (Å²) in [6.45, 7) is 4.19. The first kappa shape index (κ1) is 14.8. The molecule has 0 aliphatic rings. The van der Waals surface area contributed by atoms with Crippen LogP contribution >= 0.6 is 15.9 Å². The van der Waals surface area contributed by atoms with Crippen molar-refractivity contribution in [2.24, 2.45) is 4.99 Å². The molecule has 0 aliphatic heterocycles. The van der Waals surface area contributed by atoms with Crippen molar-refractivity contribution in [2.45, 2.75) is 13.8 Å². The van der Waals surface area contributed by atoms with Gasteiger partial charge in [-0.25, -0.2) is 0 Å². The lowest BCUT2D eigenvalue weighted by atomic mass is 10.1. The second-order valence-electron chi connectivity index (χ2n) is 5.24. The second kappa shape index (κ2) is 6.32. The van der Waals surface area contributed by atoms with E-state index in [9.17, 15) is 0 Å². The Balaban J connectivity index is 1.80. The molecule has 0 aliphatic carbocycles. The molecule has 1 heterocycles. The Morgan fingerprint density at radius 1 is 0.909 bits per heavy atom. The average Bonchev–Trinajstić information content (AvgIpc) is 2.98. The predicted molar refractivity (Wildman–Crippen MR) is 95.0 cm³/mol. The van der Waals surface area contributed by atoms with E-state index in [0.29, 0.717) is 0 Å². The molecule has 3 rings (SSSR count). The summed E-state index contributed by atoms with van der Waals surface area (Å²) in [5.41, 5.74) is 4.50. The van der Waals surface area contributed by atoms with Gasteiger partial charge in [-0.1, -0.05) is 34.1 Å². The van der Waals surface area contributed by atoms with Crippen LogP contribution in [0.25, 0.3) is 11.3 Å². The Morgan fingerprint density at radius 2 is 1.68 bits per heavy atom. The van der Waals surface area contributed by atoms with Crippen LogP contribution in [0.3, 0.4) is 0 Å². The molecule has 0 unspecified atom stereocenters. The first-order chi connectivity index (χ1) is 10.6. The van der Waals surface area contributed by atoms with Crippen molar-refractivity contribution < 1.29 is 4.42 Å². The van der Waals surface area contributed by atoms with Crippen LogP contribution < -0.4 is 0 Å². The van der Waals surface area contributed by atoms with Gasteiger partial charge in [0.05, 0.1) is 11.9 Å². The minimum atomic E-state index is 0.746. The average molecular weight is 354 g/mol. The number of hydrogen-bond acceptors (Lipinski definition) is 2. The third kappa shape index (κ3) is 3.37. The zero-order valence-corrected chi connectivity index (χ0v) is 14.1. The highest BCUT2D eigenvalue weighted by Crippen LogP contribution is 2.24. The Labute approximate surface area is 138 Å². The first-order valence-corrected chi connectivity index (χ1v) is 7.88. The lowest BCUT2D eigenvalue weighted by molar-refractivity contribution is 0.575. The quantitative estimate of drug-likeness (QED) is 0.524. The molecule has 0 saturated heterocycles. The summed E-state index contributed by atoms with van der Waals surface area (Å²) in [6, 6.07) is 18.1. The van der Waals surface area contributed by atoms with Gasteiger partial charge in [-0.05, 0) is 61.4 Å². The molecule has 3 heteroatoms. The van der Waals surface area contributed by atoms with Crippen molar-refractivity contribution in [2.75, 3.05) is 0 Å². The highest BCUT2D eigenvalue weighted by molar-refractivity contribution is 9.10. The molecular weight excluding hydrogens is 338 g/mol. The number of aryl methyl sites for hydroxylation is 2. The van der Waals surface area contributed by atoms with E-state index < -0.39 is 0 Å². The van der Waals surface area contributed by atoms with Gasteiger partial charge in [-0.15, -0.1) is 0 Å². The van der Waals surface area contributed by atoms with Crippen LogP contribution in [0.1, 0.15) is 16.9 Å². The van der Waals surface area contributed by atoms with Crippen LogP contribution in [0.4, 0.5) is 5.69 Å². The second-order valence-corrected chi connectivity index (χ2v) is 6.15. The van der Waals surface area contributed by atoms with Gasteiger partial charge in [0, 0.05) is 10.0 Å². The summed E-state index contributed by atoms with van der Waals surface area (Å²) in [5.74, 6) is 1.59. The van der Waals surface area contributed by atoms with Crippen molar-refractivity contribution in [3.05, 3.63) is 76.0 Å². The highest BCUT2D eigenvalue weighted by atomic mass is 79.9. The number of benzene rings is 2. The molecule has 22 heavy (non-hydrogen) atoms. The Hall–Kier alpha value is -2.13. The summed E-state index contributed by atoms with van der Waals surface area (Å²) in [4.78, 5) is 4.47. The van der Waals surface area contributed by atoms with E-state index >= 15 is 0 Å². The molecule has 1 aromatic heterocycles. The number of aliphatic imine (C=N–C) groups is 1. The summed E-state index contributed by atoms with van der Waals surface area (Å²) >= 11 is 3.43. The van der Waals surface area contributed by atoms with Gasteiger partial charge in [0.25, 0.3) is 0 Å². The molecule has 2 nitrogen and oxygen atoms in total. The fourth-order valence-corrected chi connectivity index (χ4v) is 2.40. The molecule has 0 atom stereocenters. The Morgan fingerprint density at radius 3 is 2.41 bits per heavy atom. The molecule has 0 radical (unpaired) electrons. The molecule has 3 aromatic rings.